The molecule has 1 N–H and O–H groups in total. The first-order valence-corrected chi connectivity index (χ1v) is 11.6. The number of ketones is 1. The van der Waals surface area contributed by atoms with E-state index in [4.69, 9.17) is 9.15 Å². The smallest absolute Gasteiger partial charge is 0.311 e. The summed E-state index contributed by atoms with van der Waals surface area (Å²) in [4.78, 5) is 41.8. The zero-order chi connectivity index (χ0) is 25.4. The number of hydrogen-bond acceptors (Lipinski definition) is 8. The van der Waals surface area contributed by atoms with Gasteiger partial charge in [0.05, 0.1) is 12.6 Å². The Bertz CT molecular complexity index is 1190. The Morgan fingerprint density at radius 1 is 1.11 bits per heavy atom. The van der Waals surface area contributed by atoms with Gasteiger partial charge in [-0.05, 0) is 25.0 Å². The molecular weight excluding hydrogens is 450 g/mol. The first kappa shape index (κ1) is 25.8. The van der Waals surface area contributed by atoms with Crippen molar-refractivity contribution in [2.45, 2.75) is 51.5 Å². The summed E-state index contributed by atoms with van der Waals surface area (Å²) in [6, 6.07) is 8.78. The number of pyridine rings is 1. The molecule has 2 aromatic heterocycles. The second kappa shape index (κ2) is 12.0. The summed E-state index contributed by atoms with van der Waals surface area (Å²) >= 11 is 0. The first-order valence-electron chi connectivity index (χ1n) is 11.6. The molecule has 0 saturated carbocycles. The summed E-state index contributed by atoms with van der Waals surface area (Å²) in [6.07, 6.45) is 3.80. The number of benzene rings is 1. The van der Waals surface area contributed by atoms with E-state index in [9.17, 15) is 14.4 Å². The van der Waals surface area contributed by atoms with E-state index in [-0.39, 0.29) is 17.6 Å². The largest absolute Gasteiger partial charge is 0.480 e. The van der Waals surface area contributed by atoms with E-state index in [0.29, 0.717) is 37.1 Å². The van der Waals surface area contributed by atoms with Gasteiger partial charge in [0.1, 0.15) is 17.4 Å². The van der Waals surface area contributed by atoms with Gasteiger partial charge < -0.3 is 19.4 Å². The van der Waals surface area contributed by atoms with Gasteiger partial charge in [0.15, 0.2) is 0 Å². The third-order valence-corrected chi connectivity index (χ3v) is 5.60. The summed E-state index contributed by atoms with van der Waals surface area (Å²) < 4.78 is 11.4. The van der Waals surface area contributed by atoms with Crippen molar-refractivity contribution in [2.24, 2.45) is 0 Å². The molecule has 2 amide bonds. The Hall–Kier alpha value is -3.82. The fraction of sp³-hybridized carbons (Fsp3) is 0.440. The highest BCUT2D eigenvalue weighted by Gasteiger charge is 2.26. The number of aromatic nitrogens is 3. The molecule has 0 aliphatic rings. The molecule has 0 spiro atoms. The predicted molar refractivity (Wildman–Crippen MR) is 130 cm³/mol. The lowest BCUT2D eigenvalue weighted by Gasteiger charge is -2.16. The quantitative estimate of drug-likeness (QED) is 0.326. The molecule has 1 aromatic carbocycles. The SMILES string of the molecule is CCC(=O)CCCCCC(NC(=O)C(=O)N(C)C)c1nnc(-c2cc3ccccc3nc2OC)o1. The highest BCUT2D eigenvalue weighted by atomic mass is 16.5. The Balaban J connectivity index is 1.82. The summed E-state index contributed by atoms with van der Waals surface area (Å²) in [7, 11) is 4.52. The standard InChI is InChI=1S/C25H31N5O5/c1-5-17(31)12-7-6-8-14-20(26-21(32)25(33)30(2)3)24-29-28-23(35-24)18-15-16-11-9-10-13-19(16)27-22(18)34-4/h9-11,13,15,20H,5-8,12,14H2,1-4H3,(H,26,32). The molecule has 1 unspecified atom stereocenters. The number of nitrogens with one attached hydrogen (secondary N) is 1. The van der Waals surface area contributed by atoms with E-state index in [1.807, 2.05) is 37.3 Å². The number of carbonyl (C=O) groups excluding carboxylic acids is 3. The number of para-hydroxylation sites is 1. The minimum Gasteiger partial charge on any atom is -0.480 e. The second-order valence-electron chi connectivity index (χ2n) is 8.40. The fourth-order valence-corrected chi connectivity index (χ4v) is 3.60. The molecule has 35 heavy (non-hydrogen) atoms. The molecule has 1 atom stereocenters. The zero-order valence-electron chi connectivity index (χ0n) is 20.5. The van der Waals surface area contributed by atoms with Crippen LogP contribution in [0.4, 0.5) is 0 Å². The van der Waals surface area contributed by atoms with E-state index < -0.39 is 17.9 Å². The first-order chi connectivity index (χ1) is 16.8. The number of methoxy groups -OCH3 is 1. The van der Waals surface area contributed by atoms with E-state index in [1.165, 1.54) is 26.1 Å². The molecule has 3 rings (SSSR count). The van der Waals surface area contributed by atoms with Crippen molar-refractivity contribution in [1.29, 1.82) is 0 Å². The van der Waals surface area contributed by atoms with E-state index >= 15 is 0 Å². The maximum absolute atomic E-state index is 12.4. The van der Waals surface area contributed by atoms with Crippen LogP contribution in [-0.2, 0) is 14.4 Å². The van der Waals surface area contributed by atoms with Crippen LogP contribution in [0.15, 0.2) is 34.7 Å². The van der Waals surface area contributed by atoms with Gasteiger partial charge in [-0.15, -0.1) is 10.2 Å². The third-order valence-electron chi connectivity index (χ3n) is 5.60. The summed E-state index contributed by atoms with van der Waals surface area (Å²) in [5, 5.41) is 11.9. The Morgan fingerprint density at radius 2 is 1.89 bits per heavy atom. The van der Waals surface area contributed by atoms with Gasteiger partial charge in [0.25, 0.3) is 5.89 Å². The molecule has 2 heterocycles. The third kappa shape index (κ3) is 6.62. The summed E-state index contributed by atoms with van der Waals surface area (Å²) in [6.45, 7) is 1.85. The van der Waals surface area contributed by atoms with Gasteiger partial charge in [-0.25, -0.2) is 4.98 Å². The number of carbonyl (C=O) groups is 3. The van der Waals surface area contributed by atoms with Crippen LogP contribution >= 0.6 is 0 Å². The number of ether oxygens (including phenoxy) is 1. The number of amides is 2. The molecule has 0 fully saturated rings. The molecule has 10 nitrogen and oxygen atoms in total. The van der Waals surface area contributed by atoms with Crippen molar-refractivity contribution in [2.75, 3.05) is 21.2 Å². The van der Waals surface area contributed by atoms with Crippen molar-refractivity contribution >= 4 is 28.5 Å². The Morgan fingerprint density at radius 3 is 2.60 bits per heavy atom. The lowest BCUT2D eigenvalue weighted by molar-refractivity contribution is -0.144. The van der Waals surface area contributed by atoms with E-state index in [0.717, 1.165) is 23.7 Å². The maximum Gasteiger partial charge on any atom is 0.311 e. The van der Waals surface area contributed by atoms with Gasteiger partial charge in [-0.3, -0.25) is 14.4 Å². The van der Waals surface area contributed by atoms with Crippen molar-refractivity contribution in [3.8, 4) is 17.3 Å². The molecule has 0 aliphatic carbocycles. The topological polar surface area (TPSA) is 128 Å². The minimum atomic E-state index is -0.758. The molecule has 186 valence electrons. The van der Waals surface area contributed by atoms with Gasteiger partial charge in [0.2, 0.25) is 11.8 Å². The molecular formula is C25H31N5O5. The number of nitrogens with zero attached hydrogens (tertiary/aromatic N) is 4. The zero-order valence-corrected chi connectivity index (χ0v) is 20.5. The monoisotopic (exact) mass is 481 g/mol. The van der Waals surface area contributed by atoms with Crippen LogP contribution in [0.1, 0.15) is 57.4 Å². The van der Waals surface area contributed by atoms with Gasteiger partial charge in [-0.2, -0.15) is 0 Å². The average Bonchev–Trinajstić information content (AvgIpc) is 3.36. The van der Waals surface area contributed by atoms with E-state index in [1.54, 1.807) is 0 Å². The highest BCUT2D eigenvalue weighted by Crippen LogP contribution is 2.32. The van der Waals surface area contributed by atoms with Crippen LogP contribution < -0.4 is 10.1 Å². The highest BCUT2D eigenvalue weighted by molar-refractivity contribution is 6.34. The van der Waals surface area contributed by atoms with Crippen molar-refractivity contribution < 1.29 is 23.5 Å². The maximum atomic E-state index is 12.4. The second-order valence-corrected chi connectivity index (χ2v) is 8.40. The normalized spacial score (nSPS) is 11.8. The molecule has 0 bridgehead atoms. The lowest BCUT2D eigenvalue weighted by atomic mass is 10.0. The molecule has 0 radical (unpaired) electrons. The van der Waals surface area contributed by atoms with Crippen LogP contribution in [0.2, 0.25) is 0 Å². The summed E-state index contributed by atoms with van der Waals surface area (Å²) in [5.74, 6) is -0.495. The van der Waals surface area contributed by atoms with Crippen LogP contribution in [-0.4, -0.2) is 58.9 Å². The van der Waals surface area contributed by atoms with Crippen molar-refractivity contribution in [3.05, 3.63) is 36.2 Å². The van der Waals surface area contributed by atoms with E-state index in [2.05, 4.69) is 20.5 Å². The summed E-state index contributed by atoms with van der Waals surface area (Å²) in [5.41, 5.74) is 1.29. The van der Waals surface area contributed by atoms with Crippen LogP contribution in [0, 0.1) is 0 Å². The van der Waals surface area contributed by atoms with Crippen molar-refractivity contribution in [3.63, 3.8) is 0 Å². The van der Waals surface area contributed by atoms with Crippen LogP contribution in [0.3, 0.4) is 0 Å². The van der Waals surface area contributed by atoms with Crippen LogP contribution in [0.25, 0.3) is 22.4 Å². The minimum absolute atomic E-state index is 0.180. The number of Topliss-reactive ketones (excluding diaryl/α,β-unsaturated/α-hetero) is 1. The lowest BCUT2D eigenvalue weighted by Crippen LogP contribution is -2.41. The van der Waals surface area contributed by atoms with Gasteiger partial charge >= 0.3 is 11.8 Å². The van der Waals surface area contributed by atoms with Crippen LogP contribution in [0.5, 0.6) is 5.88 Å². The number of likely N-dealkylation sites (N-methyl/N-ethyl adjacent to an activating group) is 1. The number of unbranched alkanes of at least 4 members (excludes halogenated alkanes) is 2. The predicted octanol–water partition coefficient (Wildman–Crippen LogP) is 3.47. The van der Waals surface area contributed by atoms with Crippen molar-refractivity contribution in [1.82, 2.24) is 25.4 Å². The number of fused-ring (bicyclic) bond motifs is 1. The van der Waals surface area contributed by atoms with Gasteiger partial charge in [-0.1, -0.05) is 38.0 Å². The Labute approximate surface area is 204 Å². The van der Waals surface area contributed by atoms with Gasteiger partial charge in [0, 0.05) is 32.3 Å². The molecule has 3 aromatic rings. The Kier molecular flexibility index (Phi) is 8.88. The number of hydrogen-bond donors (Lipinski definition) is 1. The number of rotatable bonds is 11. The average molecular weight is 482 g/mol. The molecule has 0 aliphatic heterocycles. The molecule has 10 heteroatoms. The fourth-order valence-electron chi connectivity index (χ4n) is 3.60. The molecule has 0 saturated heterocycles.